The Balaban J connectivity index is 2.33. The van der Waals surface area contributed by atoms with Gasteiger partial charge >= 0.3 is 0 Å². The largest absolute Gasteiger partial charge is 0.282 e. The van der Waals surface area contributed by atoms with Crippen LogP contribution in [0.4, 0.5) is 0 Å². The number of carbonyl (C=O) groups excluding carboxylic acids is 2. The third-order valence-corrected chi connectivity index (χ3v) is 3.34. The summed E-state index contributed by atoms with van der Waals surface area (Å²) in [6.45, 7) is 2.49. The fourth-order valence-corrected chi connectivity index (χ4v) is 2.34. The number of hydrogen-bond acceptors (Lipinski definition) is 2. The van der Waals surface area contributed by atoms with Gasteiger partial charge in [-0.25, -0.2) is 0 Å². The minimum Gasteiger partial charge on any atom is -0.282 e. The summed E-state index contributed by atoms with van der Waals surface area (Å²) in [7, 11) is 0. The zero-order valence-electron chi connectivity index (χ0n) is 11.7. The molecule has 1 saturated heterocycles. The van der Waals surface area contributed by atoms with Gasteiger partial charge in [0.1, 0.15) is 0 Å². The Labute approximate surface area is 119 Å². The molecule has 3 heteroatoms. The van der Waals surface area contributed by atoms with Gasteiger partial charge in [0, 0.05) is 13.0 Å². The maximum Gasteiger partial charge on any atom is 0.237 e. The lowest BCUT2D eigenvalue weighted by Gasteiger charge is -2.13. The minimum atomic E-state index is -0.341. The third-order valence-electron chi connectivity index (χ3n) is 3.34. The second kappa shape index (κ2) is 6.85. The number of hydrogen-bond donors (Lipinski definition) is 0. The maximum atomic E-state index is 12.3. The van der Waals surface area contributed by atoms with Crippen LogP contribution in [0.3, 0.4) is 0 Å². The summed E-state index contributed by atoms with van der Waals surface area (Å²) in [6.07, 6.45) is 1.08. The van der Waals surface area contributed by atoms with Gasteiger partial charge in [-0.3, -0.25) is 14.5 Å². The molecule has 0 aliphatic carbocycles. The van der Waals surface area contributed by atoms with Crippen LogP contribution >= 0.6 is 0 Å². The van der Waals surface area contributed by atoms with Crippen molar-refractivity contribution in [3.63, 3.8) is 0 Å². The van der Waals surface area contributed by atoms with Crippen LogP contribution < -0.4 is 0 Å². The number of amides is 2. The summed E-state index contributed by atoms with van der Waals surface area (Å²) in [6, 6.07) is 17.2. The van der Waals surface area contributed by atoms with Crippen molar-refractivity contribution >= 4 is 11.8 Å². The summed E-state index contributed by atoms with van der Waals surface area (Å²) in [5, 5.41) is 0. The van der Waals surface area contributed by atoms with E-state index in [4.69, 9.17) is 0 Å². The van der Waals surface area contributed by atoms with E-state index in [1.807, 2.05) is 61.5 Å². The Kier molecular flexibility index (Phi) is 4.88. The predicted octanol–water partition coefficient (Wildman–Crippen LogP) is 3.06. The van der Waals surface area contributed by atoms with Crippen LogP contribution in [-0.2, 0) is 9.59 Å². The van der Waals surface area contributed by atoms with Crippen molar-refractivity contribution in [1.82, 2.24) is 4.90 Å². The molecule has 0 spiro atoms. The number of nitrogens with zero attached hydrogens (tertiary/aromatic N) is 1. The van der Waals surface area contributed by atoms with E-state index in [2.05, 4.69) is 0 Å². The zero-order chi connectivity index (χ0) is 14.4. The highest BCUT2D eigenvalue weighted by atomic mass is 16.2. The van der Waals surface area contributed by atoms with Gasteiger partial charge in [-0.05, 0) is 12.0 Å². The lowest BCUT2D eigenvalue weighted by atomic mass is 9.99. The zero-order valence-corrected chi connectivity index (χ0v) is 11.7. The molecule has 0 aromatic heterocycles. The highest BCUT2D eigenvalue weighted by Crippen LogP contribution is 2.28. The van der Waals surface area contributed by atoms with Crippen molar-refractivity contribution in [3.8, 4) is 0 Å². The van der Waals surface area contributed by atoms with E-state index in [1.165, 1.54) is 4.90 Å². The Morgan fingerprint density at radius 3 is 2.10 bits per heavy atom. The van der Waals surface area contributed by atoms with Gasteiger partial charge in [0.05, 0.1) is 5.92 Å². The summed E-state index contributed by atoms with van der Waals surface area (Å²) in [4.78, 5) is 25.6. The van der Waals surface area contributed by atoms with E-state index >= 15 is 0 Å². The second-order valence-corrected chi connectivity index (χ2v) is 4.82. The molecule has 2 amide bonds. The number of imide groups is 1. The summed E-state index contributed by atoms with van der Waals surface area (Å²) in [5.41, 5.74) is 0.887. The van der Waals surface area contributed by atoms with Crippen LogP contribution in [0, 0.1) is 0 Å². The summed E-state index contributed by atoms with van der Waals surface area (Å²) in [5.74, 6) is -0.475. The Bertz CT molecular complexity index is 527. The normalized spacial score (nSPS) is 18.1. The molecule has 1 aromatic rings. The van der Waals surface area contributed by atoms with Gasteiger partial charge in [-0.2, -0.15) is 0 Å². The van der Waals surface area contributed by atoms with Crippen molar-refractivity contribution in [2.75, 3.05) is 6.54 Å². The van der Waals surface area contributed by atoms with Crippen molar-refractivity contribution < 1.29 is 9.59 Å². The second-order valence-electron chi connectivity index (χ2n) is 4.82. The average Bonchev–Trinajstić information content (AvgIpc) is 2.73. The quantitative estimate of drug-likeness (QED) is 0.791. The minimum absolute atomic E-state index is 0.0624. The first kappa shape index (κ1) is 14.3. The molecule has 20 heavy (non-hydrogen) atoms. The van der Waals surface area contributed by atoms with Gasteiger partial charge in [-0.1, -0.05) is 61.5 Å². The van der Waals surface area contributed by atoms with E-state index in [0.29, 0.717) is 6.54 Å². The fraction of sp³-hybridized carbons (Fsp3) is 0.294. The Hall–Kier alpha value is -2.16. The van der Waals surface area contributed by atoms with Crippen molar-refractivity contribution in [2.45, 2.75) is 25.7 Å². The van der Waals surface area contributed by atoms with Crippen molar-refractivity contribution in [1.29, 1.82) is 0 Å². The van der Waals surface area contributed by atoms with Crippen LogP contribution in [0.5, 0.6) is 0 Å². The standard InChI is InChI=1S/C17H19NO2/c1-2-12-18-16(19)13-15(17(18)20)14-10-8-6-4-3-5-7-9-11-14/h3-11,15H,2,12-13H2,1H3. The molecule has 0 bridgehead atoms. The molecule has 3 nitrogen and oxygen atoms in total. The molecule has 1 aromatic carbocycles. The Morgan fingerprint density at radius 2 is 1.55 bits per heavy atom. The lowest BCUT2D eigenvalue weighted by Crippen LogP contribution is -2.30. The first-order valence-corrected chi connectivity index (χ1v) is 6.96. The lowest BCUT2D eigenvalue weighted by molar-refractivity contribution is -0.138. The third kappa shape index (κ3) is 3.23. The molecule has 1 aliphatic rings. The van der Waals surface area contributed by atoms with Crippen molar-refractivity contribution in [3.05, 3.63) is 60.2 Å². The highest BCUT2D eigenvalue weighted by molar-refractivity contribution is 6.06. The van der Waals surface area contributed by atoms with E-state index < -0.39 is 0 Å². The number of rotatable bonds is 3. The average molecular weight is 269 g/mol. The molecule has 1 heterocycles. The monoisotopic (exact) mass is 269 g/mol. The van der Waals surface area contributed by atoms with E-state index in [-0.39, 0.29) is 24.2 Å². The van der Waals surface area contributed by atoms with Crippen LogP contribution in [0.1, 0.15) is 31.2 Å². The molecule has 104 valence electrons. The highest BCUT2D eigenvalue weighted by Gasteiger charge is 2.38. The van der Waals surface area contributed by atoms with Gasteiger partial charge < -0.3 is 0 Å². The first-order chi connectivity index (χ1) is 9.74. The molecule has 0 N–H and O–H groups in total. The molecule has 0 saturated carbocycles. The van der Waals surface area contributed by atoms with E-state index in [0.717, 1.165) is 12.0 Å². The smallest absolute Gasteiger partial charge is 0.237 e. The SMILES string of the molecule is CCCN1C(=O)CC(c2ccccccccc2)C1=O. The van der Waals surface area contributed by atoms with Gasteiger partial charge in [0.25, 0.3) is 0 Å². The Morgan fingerprint density at radius 1 is 1.00 bits per heavy atom. The maximum absolute atomic E-state index is 12.3. The van der Waals surface area contributed by atoms with Crippen LogP contribution in [0.25, 0.3) is 0 Å². The molecular formula is C17H19NO2. The molecule has 1 fully saturated rings. The predicted molar refractivity (Wildman–Crippen MR) is 78.4 cm³/mol. The molecule has 1 unspecified atom stereocenters. The molecule has 0 radical (unpaired) electrons. The summed E-state index contributed by atoms with van der Waals surface area (Å²) < 4.78 is 0. The van der Waals surface area contributed by atoms with Crippen LogP contribution in [0.15, 0.2) is 54.6 Å². The van der Waals surface area contributed by atoms with Crippen LogP contribution in [0.2, 0.25) is 0 Å². The summed E-state index contributed by atoms with van der Waals surface area (Å²) >= 11 is 0. The number of carbonyl (C=O) groups is 2. The topological polar surface area (TPSA) is 37.4 Å². The van der Waals surface area contributed by atoms with Crippen LogP contribution in [-0.4, -0.2) is 23.3 Å². The molecule has 1 aliphatic heterocycles. The van der Waals surface area contributed by atoms with Crippen molar-refractivity contribution in [2.24, 2.45) is 0 Å². The molecule has 2 rings (SSSR count). The van der Waals surface area contributed by atoms with E-state index in [1.54, 1.807) is 0 Å². The van der Waals surface area contributed by atoms with Gasteiger partial charge in [0.15, 0.2) is 0 Å². The van der Waals surface area contributed by atoms with Gasteiger partial charge in [-0.15, -0.1) is 0 Å². The molecular weight excluding hydrogens is 250 g/mol. The first-order valence-electron chi connectivity index (χ1n) is 6.96. The number of likely N-dealkylation sites (tertiary alicyclic amines) is 1. The van der Waals surface area contributed by atoms with E-state index in [9.17, 15) is 9.59 Å². The molecule has 1 atom stereocenters. The van der Waals surface area contributed by atoms with Gasteiger partial charge in [0.2, 0.25) is 11.8 Å². The fourth-order valence-electron chi connectivity index (χ4n) is 2.34.